The van der Waals surface area contributed by atoms with E-state index in [-0.39, 0.29) is 11.9 Å². The van der Waals surface area contributed by atoms with Crippen LogP contribution in [-0.2, 0) is 17.6 Å². The molecule has 2 aliphatic heterocycles. The van der Waals surface area contributed by atoms with E-state index in [1.807, 2.05) is 24.3 Å². The molecule has 2 N–H and O–H groups in total. The molecule has 0 aliphatic carbocycles. The van der Waals surface area contributed by atoms with E-state index in [4.69, 9.17) is 24.2 Å². The van der Waals surface area contributed by atoms with Gasteiger partial charge in [0.15, 0.2) is 11.5 Å². The second-order valence-corrected chi connectivity index (χ2v) is 11.7. The monoisotopic (exact) mass is 588 g/mol. The number of carbonyl (C=O) groups excluding carboxylic acids is 1. The minimum absolute atomic E-state index is 0.0405. The number of methoxy groups -OCH3 is 2. The number of ether oxygens (including phenoxy) is 3. The van der Waals surface area contributed by atoms with Crippen LogP contribution in [0.2, 0.25) is 0 Å². The molecule has 0 spiro atoms. The third kappa shape index (κ3) is 5.04. The number of aliphatic imine (C=N–C) groups is 2. The van der Waals surface area contributed by atoms with E-state index in [0.29, 0.717) is 17.9 Å². The topological polar surface area (TPSA) is 101 Å². The van der Waals surface area contributed by atoms with Gasteiger partial charge in [-0.25, -0.2) is 0 Å². The zero-order valence-corrected chi connectivity index (χ0v) is 25.5. The highest BCUT2D eigenvalue weighted by Gasteiger charge is 2.28. The SMILES string of the molecule is COc1ccc2c3c([nH]c2c1)C(CC(CC1=NCCc2c1[nH]c1cc(C)ccc21)c1ccc(OC(C)=O)c(OC)c1)=NCC3. The number of benzene rings is 3. The molecular formula is C36H36N4O4. The van der Waals surface area contributed by atoms with E-state index in [9.17, 15) is 4.79 Å². The fourth-order valence-electron chi connectivity index (χ4n) is 6.79. The molecule has 8 heteroatoms. The number of fused-ring (bicyclic) bond motifs is 6. The van der Waals surface area contributed by atoms with Crippen molar-refractivity contribution in [1.82, 2.24) is 9.97 Å². The third-order valence-electron chi connectivity index (χ3n) is 8.87. The lowest BCUT2D eigenvalue weighted by Gasteiger charge is -2.24. The van der Waals surface area contributed by atoms with Gasteiger partial charge in [-0.1, -0.05) is 18.2 Å². The molecular weight excluding hydrogens is 552 g/mol. The summed E-state index contributed by atoms with van der Waals surface area (Å²) in [6, 6.07) is 18.7. The Morgan fingerprint density at radius 2 is 1.43 bits per heavy atom. The van der Waals surface area contributed by atoms with Crippen LogP contribution < -0.4 is 14.2 Å². The van der Waals surface area contributed by atoms with Crippen molar-refractivity contribution in [1.29, 1.82) is 0 Å². The van der Waals surface area contributed by atoms with Gasteiger partial charge in [0.05, 0.1) is 37.0 Å². The molecule has 2 aromatic heterocycles. The van der Waals surface area contributed by atoms with Crippen LogP contribution >= 0.6 is 0 Å². The number of carbonyl (C=O) groups is 1. The van der Waals surface area contributed by atoms with Gasteiger partial charge in [0, 0.05) is 47.9 Å². The minimum atomic E-state index is -0.384. The van der Waals surface area contributed by atoms with Crippen LogP contribution in [-0.4, -0.2) is 54.7 Å². The fourth-order valence-corrected chi connectivity index (χ4v) is 6.79. The van der Waals surface area contributed by atoms with Crippen LogP contribution in [0.4, 0.5) is 0 Å². The lowest BCUT2D eigenvalue weighted by atomic mass is 9.84. The average Bonchev–Trinajstić information content (AvgIpc) is 3.59. The predicted octanol–water partition coefficient (Wildman–Crippen LogP) is 6.85. The molecule has 5 aromatic rings. The molecule has 0 saturated carbocycles. The Balaban J connectivity index is 1.29. The molecule has 0 amide bonds. The van der Waals surface area contributed by atoms with Crippen molar-refractivity contribution in [3.63, 3.8) is 0 Å². The van der Waals surface area contributed by atoms with E-state index >= 15 is 0 Å². The maximum Gasteiger partial charge on any atom is 0.308 e. The average molecular weight is 589 g/mol. The molecule has 7 rings (SSSR count). The fraction of sp³-hybridized carbons (Fsp3) is 0.306. The highest BCUT2D eigenvalue weighted by molar-refractivity contribution is 6.09. The van der Waals surface area contributed by atoms with E-state index < -0.39 is 0 Å². The van der Waals surface area contributed by atoms with Gasteiger partial charge in [-0.2, -0.15) is 0 Å². The lowest BCUT2D eigenvalue weighted by Crippen LogP contribution is -2.20. The highest BCUT2D eigenvalue weighted by atomic mass is 16.6. The van der Waals surface area contributed by atoms with Crippen LogP contribution in [0.3, 0.4) is 0 Å². The Morgan fingerprint density at radius 1 is 0.795 bits per heavy atom. The predicted molar refractivity (Wildman–Crippen MR) is 174 cm³/mol. The Hall–Kier alpha value is -4.85. The number of nitrogens with zero attached hydrogens (tertiary/aromatic N) is 2. The molecule has 1 atom stereocenters. The summed E-state index contributed by atoms with van der Waals surface area (Å²) >= 11 is 0. The first-order chi connectivity index (χ1) is 21.4. The minimum Gasteiger partial charge on any atom is -0.497 e. The number of H-pyrrole nitrogens is 2. The van der Waals surface area contributed by atoms with Gasteiger partial charge in [0.25, 0.3) is 0 Å². The summed E-state index contributed by atoms with van der Waals surface area (Å²) in [7, 11) is 3.29. The van der Waals surface area contributed by atoms with Gasteiger partial charge < -0.3 is 24.2 Å². The van der Waals surface area contributed by atoms with Crippen molar-refractivity contribution >= 4 is 39.2 Å². The summed E-state index contributed by atoms with van der Waals surface area (Å²) in [5, 5.41) is 2.49. The van der Waals surface area contributed by atoms with Crippen molar-refractivity contribution in [2.45, 2.75) is 45.4 Å². The van der Waals surface area contributed by atoms with E-state index in [2.05, 4.69) is 47.2 Å². The van der Waals surface area contributed by atoms with Gasteiger partial charge in [-0.05, 0) is 91.1 Å². The Morgan fingerprint density at radius 3 is 2.05 bits per heavy atom. The normalized spacial score (nSPS) is 14.9. The second kappa shape index (κ2) is 11.3. The molecule has 0 radical (unpaired) electrons. The molecule has 1 unspecified atom stereocenters. The van der Waals surface area contributed by atoms with Crippen molar-refractivity contribution in [2.24, 2.45) is 9.98 Å². The van der Waals surface area contributed by atoms with Crippen LogP contribution in [0, 0.1) is 6.92 Å². The summed E-state index contributed by atoms with van der Waals surface area (Å²) in [5.74, 6) is 1.42. The third-order valence-corrected chi connectivity index (χ3v) is 8.87. The largest absolute Gasteiger partial charge is 0.497 e. The van der Waals surface area contributed by atoms with E-state index in [1.54, 1.807) is 14.2 Å². The Labute approximate surface area is 256 Å². The number of nitrogens with one attached hydrogen (secondary N) is 2. The smallest absolute Gasteiger partial charge is 0.308 e. The molecule has 2 aliphatic rings. The van der Waals surface area contributed by atoms with Gasteiger partial charge in [-0.15, -0.1) is 0 Å². The maximum atomic E-state index is 11.7. The van der Waals surface area contributed by atoms with Crippen LogP contribution in [0.5, 0.6) is 17.2 Å². The number of aromatic nitrogens is 2. The Kier molecular flexibility index (Phi) is 7.20. The lowest BCUT2D eigenvalue weighted by molar-refractivity contribution is -0.132. The molecule has 224 valence electrons. The number of esters is 1. The van der Waals surface area contributed by atoms with Crippen molar-refractivity contribution in [2.75, 3.05) is 27.3 Å². The molecule has 8 nitrogen and oxygen atoms in total. The maximum absolute atomic E-state index is 11.7. The number of rotatable bonds is 8. The molecule has 44 heavy (non-hydrogen) atoms. The quantitative estimate of drug-likeness (QED) is 0.153. The van der Waals surface area contributed by atoms with Crippen molar-refractivity contribution in [3.8, 4) is 17.2 Å². The van der Waals surface area contributed by atoms with E-state index in [0.717, 1.165) is 77.5 Å². The van der Waals surface area contributed by atoms with Crippen LogP contribution in [0.15, 0.2) is 64.6 Å². The first kappa shape index (κ1) is 28.0. The van der Waals surface area contributed by atoms with Gasteiger partial charge in [0.2, 0.25) is 0 Å². The van der Waals surface area contributed by atoms with Gasteiger partial charge >= 0.3 is 5.97 Å². The molecule has 3 aromatic carbocycles. The second-order valence-electron chi connectivity index (χ2n) is 11.7. The zero-order valence-electron chi connectivity index (χ0n) is 25.5. The molecule has 0 fully saturated rings. The first-order valence-electron chi connectivity index (χ1n) is 15.2. The molecule has 4 heterocycles. The summed E-state index contributed by atoms with van der Waals surface area (Å²) in [5.41, 5.74) is 11.5. The molecule has 0 bridgehead atoms. The number of hydrogen-bond donors (Lipinski definition) is 2. The van der Waals surface area contributed by atoms with Crippen molar-refractivity contribution < 1.29 is 19.0 Å². The number of hydrogen-bond acceptors (Lipinski definition) is 6. The summed E-state index contributed by atoms with van der Waals surface area (Å²) in [6.45, 7) is 5.02. The van der Waals surface area contributed by atoms with Crippen molar-refractivity contribution in [3.05, 3.63) is 88.2 Å². The Bertz CT molecular complexity index is 1980. The van der Waals surface area contributed by atoms with E-state index in [1.165, 1.54) is 34.4 Å². The van der Waals surface area contributed by atoms with Crippen LogP contribution in [0.25, 0.3) is 21.8 Å². The summed E-state index contributed by atoms with van der Waals surface area (Å²) < 4.78 is 16.6. The zero-order chi connectivity index (χ0) is 30.4. The number of aromatic amines is 2. The molecule has 0 saturated heterocycles. The first-order valence-corrected chi connectivity index (χ1v) is 15.2. The van der Waals surface area contributed by atoms with Gasteiger partial charge in [0.1, 0.15) is 5.75 Å². The highest BCUT2D eigenvalue weighted by Crippen LogP contribution is 2.38. The summed E-state index contributed by atoms with van der Waals surface area (Å²) in [6.07, 6.45) is 3.25. The van der Waals surface area contributed by atoms with Gasteiger partial charge in [-0.3, -0.25) is 14.8 Å². The standard InChI is InChI=1S/C36H36N4O4/c1-20-5-8-25-27-11-13-37-31(35(27)39-29(25)15-20)16-23(22-6-10-33(44-21(2)41)34(18-22)43-4)17-32-36-28(12-14-38-32)26-9-7-24(42-3)19-30(26)40-36/h5-10,15,18-19,23,39-40H,11-14,16-17H2,1-4H3. The number of aryl methyl sites for hydroxylation is 1. The van der Waals surface area contributed by atoms with Crippen LogP contribution in [0.1, 0.15) is 59.3 Å². The summed E-state index contributed by atoms with van der Waals surface area (Å²) in [4.78, 5) is 29.2.